The third kappa shape index (κ3) is 6.21. The van der Waals surface area contributed by atoms with Gasteiger partial charge in [0, 0.05) is 0 Å². The zero-order chi connectivity index (χ0) is 20.0. The number of rotatable bonds is 7. The molecule has 1 atom stereocenters. The SMILES string of the molecule is CC(NC(=O)c1ccccc1OCC(N)=O)c1ccc(OC(F)(F)F)cc1. The molecule has 0 aliphatic rings. The summed E-state index contributed by atoms with van der Waals surface area (Å²) in [5.74, 6) is -1.32. The molecule has 0 saturated carbocycles. The summed E-state index contributed by atoms with van der Waals surface area (Å²) < 4.78 is 45.6. The Hall–Kier alpha value is -3.23. The summed E-state index contributed by atoms with van der Waals surface area (Å²) in [5.41, 5.74) is 5.80. The Morgan fingerprint density at radius 1 is 1.11 bits per heavy atom. The predicted molar refractivity (Wildman–Crippen MR) is 90.1 cm³/mol. The molecule has 0 heterocycles. The first-order valence-electron chi connectivity index (χ1n) is 7.82. The normalized spacial score (nSPS) is 12.1. The molecule has 2 aromatic carbocycles. The molecule has 144 valence electrons. The Balaban J connectivity index is 2.06. The third-order valence-corrected chi connectivity index (χ3v) is 3.46. The number of primary amides is 1. The van der Waals surface area contributed by atoms with E-state index < -0.39 is 24.2 Å². The van der Waals surface area contributed by atoms with E-state index >= 15 is 0 Å². The first-order chi connectivity index (χ1) is 12.7. The molecule has 9 heteroatoms. The number of hydrogen-bond acceptors (Lipinski definition) is 4. The van der Waals surface area contributed by atoms with Crippen LogP contribution in [0.4, 0.5) is 13.2 Å². The van der Waals surface area contributed by atoms with E-state index in [4.69, 9.17) is 10.5 Å². The minimum Gasteiger partial charge on any atom is -0.483 e. The molecular weight excluding hydrogens is 365 g/mol. The number of amides is 2. The number of ether oxygens (including phenoxy) is 2. The van der Waals surface area contributed by atoms with Crippen LogP contribution < -0.4 is 20.5 Å². The van der Waals surface area contributed by atoms with E-state index in [1.165, 1.54) is 24.3 Å². The van der Waals surface area contributed by atoms with Crippen LogP contribution in [0.5, 0.6) is 11.5 Å². The van der Waals surface area contributed by atoms with Crippen LogP contribution in [0.1, 0.15) is 28.9 Å². The summed E-state index contributed by atoms with van der Waals surface area (Å²) in [6.45, 7) is 1.30. The number of alkyl halides is 3. The van der Waals surface area contributed by atoms with Gasteiger partial charge < -0.3 is 20.5 Å². The molecule has 0 spiro atoms. The number of carbonyl (C=O) groups excluding carboxylic acids is 2. The molecule has 0 aliphatic heterocycles. The van der Waals surface area contributed by atoms with E-state index in [-0.39, 0.29) is 23.7 Å². The van der Waals surface area contributed by atoms with Crippen molar-refractivity contribution in [2.24, 2.45) is 5.73 Å². The molecule has 27 heavy (non-hydrogen) atoms. The number of halogens is 3. The molecule has 0 saturated heterocycles. The molecular formula is C18H17F3N2O4. The summed E-state index contributed by atoms with van der Waals surface area (Å²) in [6.07, 6.45) is -4.77. The lowest BCUT2D eigenvalue weighted by Crippen LogP contribution is -2.28. The Labute approximate surface area is 153 Å². The number of carbonyl (C=O) groups is 2. The maximum Gasteiger partial charge on any atom is 0.573 e. The molecule has 2 aromatic rings. The van der Waals surface area contributed by atoms with E-state index in [1.807, 2.05) is 0 Å². The van der Waals surface area contributed by atoms with Gasteiger partial charge in [-0.25, -0.2) is 0 Å². The standard InChI is InChI=1S/C18H17F3N2O4/c1-11(12-6-8-13(9-7-12)27-18(19,20)21)23-17(25)14-4-2-3-5-15(14)26-10-16(22)24/h2-9,11H,10H2,1H3,(H2,22,24)(H,23,25). The van der Waals surface area contributed by atoms with Crippen molar-refractivity contribution in [3.8, 4) is 11.5 Å². The second-order valence-electron chi connectivity index (χ2n) is 5.56. The average Bonchev–Trinajstić information content (AvgIpc) is 2.59. The first kappa shape index (κ1) is 20.1. The number of hydrogen-bond donors (Lipinski definition) is 2. The number of benzene rings is 2. The van der Waals surface area contributed by atoms with Crippen molar-refractivity contribution in [1.29, 1.82) is 0 Å². The van der Waals surface area contributed by atoms with E-state index in [0.717, 1.165) is 12.1 Å². The lowest BCUT2D eigenvalue weighted by Gasteiger charge is -2.17. The third-order valence-electron chi connectivity index (χ3n) is 3.46. The minimum atomic E-state index is -4.77. The van der Waals surface area contributed by atoms with Crippen LogP contribution >= 0.6 is 0 Å². The van der Waals surface area contributed by atoms with Crippen molar-refractivity contribution in [3.63, 3.8) is 0 Å². The molecule has 3 N–H and O–H groups in total. The van der Waals surface area contributed by atoms with Crippen molar-refractivity contribution in [1.82, 2.24) is 5.32 Å². The van der Waals surface area contributed by atoms with E-state index in [9.17, 15) is 22.8 Å². The van der Waals surface area contributed by atoms with Crippen molar-refractivity contribution in [2.75, 3.05) is 6.61 Å². The lowest BCUT2D eigenvalue weighted by atomic mass is 10.1. The van der Waals surface area contributed by atoms with Gasteiger partial charge in [-0.1, -0.05) is 24.3 Å². The Morgan fingerprint density at radius 2 is 1.74 bits per heavy atom. The van der Waals surface area contributed by atoms with Crippen molar-refractivity contribution in [3.05, 3.63) is 59.7 Å². The lowest BCUT2D eigenvalue weighted by molar-refractivity contribution is -0.274. The second kappa shape index (κ2) is 8.43. The van der Waals surface area contributed by atoms with Gasteiger partial charge in [0.1, 0.15) is 11.5 Å². The van der Waals surface area contributed by atoms with Gasteiger partial charge in [-0.05, 0) is 36.8 Å². The van der Waals surface area contributed by atoms with E-state index in [0.29, 0.717) is 5.56 Å². The van der Waals surface area contributed by atoms with Crippen LogP contribution in [0.3, 0.4) is 0 Å². The average molecular weight is 382 g/mol. The number of nitrogens with one attached hydrogen (secondary N) is 1. The van der Waals surface area contributed by atoms with Crippen LogP contribution in [0.15, 0.2) is 48.5 Å². The van der Waals surface area contributed by atoms with Gasteiger partial charge in [0.05, 0.1) is 11.6 Å². The molecule has 1 unspecified atom stereocenters. The van der Waals surface area contributed by atoms with Crippen molar-refractivity contribution >= 4 is 11.8 Å². The molecule has 6 nitrogen and oxygen atoms in total. The van der Waals surface area contributed by atoms with Crippen LogP contribution in [0.2, 0.25) is 0 Å². The smallest absolute Gasteiger partial charge is 0.483 e. The molecule has 2 amide bonds. The minimum absolute atomic E-state index is 0.190. The second-order valence-corrected chi connectivity index (χ2v) is 5.56. The maximum absolute atomic E-state index is 12.5. The molecule has 0 aromatic heterocycles. The maximum atomic E-state index is 12.5. The topological polar surface area (TPSA) is 90.6 Å². The number of para-hydroxylation sites is 1. The zero-order valence-corrected chi connectivity index (χ0v) is 14.2. The fourth-order valence-electron chi connectivity index (χ4n) is 2.24. The zero-order valence-electron chi connectivity index (χ0n) is 14.2. The summed E-state index contributed by atoms with van der Waals surface area (Å²) in [5, 5.41) is 2.71. The van der Waals surface area contributed by atoms with Gasteiger partial charge in [0.25, 0.3) is 11.8 Å². The largest absolute Gasteiger partial charge is 0.573 e. The first-order valence-corrected chi connectivity index (χ1v) is 7.82. The van der Waals surface area contributed by atoms with Gasteiger partial charge in [-0.15, -0.1) is 13.2 Å². The molecule has 0 bridgehead atoms. The Bertz CT molecular complexity index is 807. The summed E-state index contributed by atoms with van der Waals surface area (Å²) in [6, 6.07) is 11.0. The summed E-state index contributed by atoms with van der Waals surface area (Å²) in [7, 11) is 0. The Kier molecular flexibility index (Phi) is 6.27. The van der Waals surface area contributed by atoms with Crippen molar-refractivity contribution in [2.45, 2.75) is 19.3 Å². The highest BCUT2D eigenvalue weighted by Gasteiger charge is 2.31. The highest BCUT2D eigenvalue weighted by atomic mass is 19.4. The van der Waals surface area contributed by atoms with Gasteiger partial charge in [0.2, 0.25) is 0 Å². The van der Waals surface area contributed by atoms with Crippen LogP contribution in [0.25, 0.3) is 0 Å². The Morgan fingerprint density at radius 3 is 2.33 bits per heavy atom. The fraction of sp³-hybridized carbons (Fsp3) is 0.222. The molecule has 0 fully saturated rings. The monoisotopic (exact) mass is 382 g/mol. The number of nitrogens with two attached hydrogens (primary N) is 1. The highest BCUT2D eigenvalue weighted by Crippen LogP contribution is 2.25. The molecule has 2 rings (SSSR count). The summed E-state index contributed by atoms with van der Waals surface area (Å²) in [4.78, 5) is 23.3. The van der Waals surface area contributed by atoms with Crippen LogP contribution in [0, 0.1) is 0 Å². The van der Waals surface area contributed by atoms with Gasteiger partial charge in [-0.3, -0.25) is 9.59 Å². The van der Waals surface area contributed by atoms with E-state index in [1.54, 1.807) is 19.1 Å². The predicted octanol–water partition coefficient (Wildman–Crippen LogP) is 2.94. The van der Waals surface area contributed by atoms with Gasteiger partial charge in [0.15, 0.2) is 6.61 Å². The highest BCUT2D eigenvalue weighted by molar-refractivity contribution is 5.97. The summed E-state index contributed by atoms with van der Waals surface area (Å²) >= 11 is 0. The van der Waals surface area contributed by atoms with Crippen LogP contribution in [-0.2, 0) is 4.79 Å². The quantitative estimate of drug-likeness (QED) is 0.770. The van der Waals surface area contributed by atoms with Crippen molar-refractivity contribution < 1.29 is 32.2 Å². The van der Waals surface area contributed by atoms with Gasteiger partial charge >= 0.3 is 6.36 Å². The fourth-order valence-corrected chi connectivity index (χ4v) is 2.24. The molecule has 0 radical (unpaired) electrons. The van der Waals surface area contributed by atoms with Crippen LogP contribution in [-0.4, -0.2) is 24.8 Å². The van der Waals surface area contributed by atoms with E-state index in [2.05, 4.69) is 10.1 Å². The molecule has 0 aliphatic carbocycles. The van der Waals surface area contributed by atoms with Gasteiger partial charge in [-0.2, -0.15) is 0 Å².